The van der Waals surface area contributed by atoms with Gasteiger partial charge in [-0.05, 0) is 132 Å². The number of likely N-dealkylation sites (tertiary alicyclic amines) is 1. The van der Waals surface area contributed by atoms with Crippen LogP contribution in [-0.4, -0.2) is 54.0 Å². The lowest BCUT2D eigenvalue weighted by Gasteiger charge is -2.72. The van der Waals surface area contributed by atoms with E-state index in [1.54, 1.807) is 12.1 Å². The number of carboxylic acids is 1. The number of benzene rings is 1. The lowest BCUT2D eigenvalue weighted by atomic mass is 9.32. The maximum atomic E-state index is 13.7. The molecule has 8 atom stereocenters. The smallest absolute Gasteiger partial charge is 0.335 e. The Morgan fingerprint density at radius 3 is 2.00 bits per heavy atom. The van der Waals surface area contributed by atoms with Crippen molar-refractivity contribution in [1.82, 2.24) is 10.2 Å². The van der Waals surface area contributed by atoms with Gasteiger partial charge in [0.25, 0.3) is 5.92 Å². The number of hydrogen-bond donors (Lipinski definition) is 2. The molecular weight excluding hydrogens is 727 g/mol. The van der Waals surface area contributed by atoms with Gasteiger partial charge in [-0.15, -0.1) is 51.7 Å². The van der Waals surface area contributed by atoms with Crippen LogP contribution in [0.3, 0.4) is 0 Å². The number of carbonyl (C=O) groups excluding carboxylic acids is 1. The fraction of sp³-hybridized carbons (Fsp3) is 0.647. The summed E-state index contributed by atoms with van der Waals surface area (Å²) in [6, 6.07) is 7.52. The van der Waals surface area contributed by atoms with Gasteiger partial charge in [0.15, 0.2) is 0 Å². The Labute approximate surface area is 351 Å². The Morgan fingerprint density at radius 1 is 0.810 bits per heavy atom. The standard InChI is InChI=1S/C41H58F2N2O3.C2H6.C2H4.3C2H2/c1-36(2)29(27-8-10-28(11-9-27)35(47)48)14-18-37(3)32(36)15-19-39(5)33(37)13-12-30-31-7-6-17-40(31,21-20-38(30,39)4)25-44-23-16-34(46)45-24-22-41(42,43)26-45;5*1-2/h8-11,14,30-33,44H,6-7,12-13,15-26H2,1-5H3,(H,47,48);1-2H3;1-2H2;3*1-2H/t30-,31?,32?,33?,37+,38-,39-,40-;;;;;/m1...../s1. The minimum absolute atomic E-state index is 0.00664. The average Bonchev–Trinajstić information content (AvgIpc) is 3.83. The summed E-state index contributed by atoms with van der Waals surface area (Å²) in [5.74, 6) is -1.07. The van der Waals surface area contributed by atoms with Crippen LogP contribution in [0.1, 0.15) is 141 Å². The molecule has 1 heterocycles. The molecule has 58 heavy (non-hydrogen) atoms. The van der Waals surface area contributed by atoms with Gasteiger partial charge < -0.3 is 15.3 Å². The minimum Gasteiger partial charge on any atom is -0.478 e. The number of rotatable bonds is 7. The van der Waals surface area contributed by atoms with E-state index in [2.05, 4.69) is 97.7 Å². The number of nitrogens with zero attached hydrogens (tertiary/aromatic N) is 1. The Bertz CT molecular complexity index is 1610. The van der Waals surface area contributed by atoms with Crippen molar-refractivity contribution in [3.63, 3.8) is 0 Å². The molecule has 4 saturated carbocycles. The molecular formula is C51H74F2N2O3. The summed E-state index contributed by atoms with van der Waals surface area (Å²) in [6.45, 7) is 24.1. The molecule has 0 radical (unpaired) electrons. The summed E-state index contributed by atoms with van der Waals surface area (Å²) < 4.78 is 27.3. The molecule has 1 aromatic carbocycles. The fourth-order valence-electron chi connectivity index (χ4n) is 13.5. The molecule has 5 aliphatic carbocycles. The summed E-state index contributed by atoms with van der Waals surface area (Å²) in [5.41, 5.74) is 4.01. The van der Waals surface area contributed by atoms with E-state index in [4.69, 9.17) is 0 Å². The lowest BCUT2D eigenvalue weighted by molar-refractivity contribution is -0.222. The van der Waals surface area contributed by atoms with Crippen molar-refractivity contribution in [3.8, 4) is 38.5 Å². The minimum atomic E-state index is -2.73. The highest BCUT2D eigenvalue weighted by Crippen LogP contribution is 2.77. The van der Waals surface area contributed by atoms with Crippen LogP contribution in [0.15, 0.2) is 43.5 Å². The second-order valence-corrected chi connectivity index (χ2v) is 18.3. The third-order valence-corrected chi connectivity index (χ3v) is 16.1. The molecule has 7 rings (SSSR count). The van der Waals surface area contributed by atoms with Crippen molar-refractivity contribution in [2.24, 2.45) is 50.7 Å². The van der Waals surface area contributed by atoms with E-state index in [0.29, 0.717) is 47.1 Å². The lowest BCUT2D eigenvalue weighted by Crippen LogP contribution is -2.65. The van der Waals surface area contributed by atoms with Crippen molar-refractivity contribution < 1.29 is 23.5 Å². The molecule has 0 spiro atoms. The van der Waals surface area contributed by atoms with Gasteiger partial charge in [0.05, 0.1) is 12.1 Å². The average molecular weight is 801 g/mol. The first-order chi connectivity index (χ1) is 27.6. The number of hydrogen-bond acceptors (Lipinski definition) is 3. The number of carbonyl (C=O) groups is 2. The Balaban J connectivity index is 0.00000108. The van der Waals surface area contributed by atoms with Gasteiger partial charge in [0, 0.05) is 32.5 Å². The molecule has 0 aromatic heterocycles. The number of alkyl halides is 2. The summed E-state index contributed by atoms with van der Waals surface area (Å²) in [7, 11) is 0. The Kier molecular flexibility index (Phi) is 17.7. The zero-order valence-electron chi connectivity index (χ0n) is 36.9. The second kappa shape index (κ2) is 20.4. The highest BCUT2D eigenvalue weighted by molar-refractivity contribution is 5.88. The molecule has 1 amide bonds. The quantitative estimate of drug-likeness (QED) is 0.164. The van der Waals surface area contributed by atoms with E-state index in [9.17, 15) is 23.5 Å². The van der Waals surface area contributed by atoms with Gasteiger partial charge in [-0.25, -0.2) is 13.6 Å². The van der Waals surface area contributed by atoms with Gasteiger partial charge in [-0.2, -0.15) is 0 Å². The number of terminal acetylenes is 3. The van der Waals surface area contributed by atoms with Gasteiger partial charge in [-0.3, -0.25) is 4.79 Å². The monoisotopic (exact) mass is 801 g/mol. The van der Waals surface area contributed by atoms with Crippen LogP contribution < -0.4 is 5.32 Å². The summed E-state index contributed by atoms with van der Waals surface area (Å²) in [4.78, 5) is 25.5. The van der Waals surface area contributed by atoms with Gasteiger partial charge in [0.2, 0.25) is 5.91 Å². The molecule has 1 aliphatic heterocycles. The van der Waals surface area contributed by atoms with Gasteiger partial charge >= 0.3 is 5.97 Å². The molecule has 5 fully saturated rings. The topological polar surface area (TPSA) is 69.6 Å². The highest BCUT2D eigenvalue weighted by Gasteiger charge is 2.69. The zero-order chi connectivity index (χ0) is 44.3. The largest absolute Gasteiger partial charge is 0.478 e. The van der Waals surface area contributed by atoms with Crippen LogP contribution in [0.5, 0.6) is 0 Å². The molecule has 0 bridgehead atoms. The van der Waals surface area contributed by atoms with Gasteiger partial charge in [-0.1, -0.05) is 73.1 Å². The van der Waals surface area contributed by atoms with Crippen LogP contribution >= 0.6 is 0 Å². The number of nitrogens with one attached hydrogen (secondary N) is 1. The molecule has 7 heteroatoms. The molecule has 3 unspecified atom stereocenters. The molecule has 5 nitrogen and oxygen atoms in total. The van der Waals surface area contributed by atoms with E-state index in [1.807, 2.05) is 26.0 Å². The third kappa shape index (κ3) is 8.99. The normalized spacial score (nSPS) is 34.3. The number of aromatic carboxylic acids is 1. The number of allylic oxidation sites excluding steroid dienone is 2. The van der Waals surface area contributed by atoms with Crippen LogP contribution in [0.4, 0.5) is 8.78 Å². The van der Waals surface area contributed by atoms with E-state index < -0.39 is 18.4 Å². The van der Waals surface area contributed by atoms with Crippen molar-refractivity contribution in [3.05, 3.63) is 54.6 Å². The molecule has 2 N–H and O–H groups in total. The molecule has 1 aromatic rings. The maximum absolute atomic E-state index is 13.7. The van der Waals surface area contributed by atoms with Gasteiger partial charge in [0.1, 0.15) is 0 Å². The number of amides is 1. The second-order valence-electron chi connectivity index (χ2n) is 18.3. The van der Waals surface area contributed by atoms with Crippen LogP contribution in [0.25, 0.3) is 5.57 Å². The van der Waals surface area contributed by atoms with Crippen molar-refractivity contribution in [1.29, 1.82) is 0 Å². The number of fused-ring (bicyclic) bond motifs is 7. The summed E-state index contributed by atoms with van der Waals surface area (Å²) in [6.07, 6.45) is 39.2. The first-order valence-corrected chi connectivity index (χ1v) is 21.5. The van der Waals surface area contributed by atoms with E-state index in [1.165, 1.54) is 68.3 Å². The zero-order valence-corrected chi connectivity index (χ0v) is 36.9. The highest BCUT2D eigenvalue weighted by atomic mass is 19.3. The van der Waals surface area contributed by atoms with Crippen LogP contribution in [0, 0.1) is 89.3 Å². The number of carboxylic acid groups (broad SMARTS) is 1. The Hall–Kier alpha value is -3.86. The summed E-state index contributed by atoms with van der Waals surface area (Å²) >= 11 is 0. The Morgan fingerprint density at radius 2 is 1.43 bits per heavy atom. The third-order valence-electron chi connectivity index (χ3n) is 16.1. The molecule has 320 valence electrons. The van der Waals surface area contributed by atoms with Crippen molar-refractivity contribution >= 4 is 17.4 Å². The SMILES string of the molecule is C#C.C#C.C#C.C=C.CC.CC1(C)C(c2ccc(C(=O)O)cc2)=CC[C@@]2(C)C1CC[C@]1(C)C2CC[C@@H]2C3CCC[C@]3(CNCCC(=O)N3CCC(F)(F)C3)CC[C@]21C. The predicted molar refractivity (Wildman–Crippen MR) is 238 cm³/mol. The van der Waals surface area contributed by atoms with E-state index in [0.717, 1.165) is 24.4 Å². The fourth-order valence-corrected chi connectivity index (χ4v) is 13.5. The van der Waals surface area contributed by atoms with E-state index in [-0.39, 0.29) is 35.1 Å². The summed E-state index contributed by atoms with van der Waals surface area (Å²) in [5, 5.41) is 13.1. The van der Waals surface area contributed by atoms with Crippen LogP contribution in [0.2, 0.25) is 0 Å². The van der Waals surface area contributed by atoms with Crippen molar-refractivity contribution in [2.75, 3.05) is 26.2 Å². The van der Waals surface area contributed by atoms with E-state index >= 15 is 0 Å². The predicted octanol–water partition coefficient (Wildman–Crippen LogP) is 11.7. The molecule has 1 saturated heterocycles. The maximum Gasteiger partial charge on any atom is 0.335 e. The first-order valence-electron chi connectivity index (χ1n) is 21.5. The van der Waals surface area contributed by atoms with Crippen LogP contribution in [-0.2, 0) is 4.79 Å². The molecule has 6 aliphatic rings. The number of halogens is 2. The first kappa shape index (κ1) is 50.3. The van der Waals surface area contributed by atoms with Crippen molar-refractivity contribution in [2.45, 2.75) is 131 Å².